The third-order valence-corrected chi connectivity index (χ3v) is 3.13. The smallest absolute Gasteiger partial charge is 0.314 e. The Labute approximate surface area is 117 Å². The summed E-state index contributed by atoms with van der Waals surface area (Å²) in [5.74, 6) is 0. The van der Waals surface area contributed by atoms with E-state index in [2.05, 4.69) is 45.6 Å². The molecule has 18 heavy (non-hydrogen) atoms. The normalized spacial score (nSPS) is 10.1. The molecule has 1 rings (SSSR count). The summed E-state index contributed by atoms with van der Waals surface area (Å²) >= 11 is 3.45. The second-order valence-corrected chi connectivity index (χ2v) is 5.19. The number of rotatable bonds is 7. The van der Waals surface area contributed by atoms with E-state index >= 15 is 0 Å². The van der Waals surface area contributed by atoms with Crippen molar-refractivity contribution < 1.29 is 4.79 Å². The van der Waals surface area contributed by atoms with Crippen molar-refractivity contribution in [1.82, 2.24) is 10.6 Å². The highest BCUT2D eigenvalue weighted by Gasteiger charge is 1.98. The van der Waals surface area contributed by atoms with Crippen LogP contribution >= 0.6 is 15.9 Å². The molecule has 100 valence electrons. The molecule has 0 aromatic heterocycles. The molecular weight excluding hydrogens is 292 g/mol. The van der Waals surface area contributed by atoms with Crippen molar-refractivity contribution >= 4 is 22.0 Å². The summed E-state index contributed by atoms with van der Waals surface area (Å²) in [4.78, 5) is 11.4. The predicted octanol–water partition coefficient (Wildman–Crippen LogP) is 3.48. The molecular formula is C14H21BrN2O. The summed E-state index contributed by atoms with van der Waals surface area (Å²) in [5.41, 5.74) is 1.29. The lowest BCUT2D eigenvalue weighted by atomic mass is 10.1. The molecule has 4 heteroatoms. The molecule has 1 aromatic carbocycles. The fraction of sp³-hybridized carbons (Fsp3) is 0.500. The van der Waals surface area contributed by atoms with Gasteiger partial charge in [-0.25, -0.2) is 4.79 Å². The average molecular weight is 313 g/mol. The quantitative estimate of drug-likeness (QED) is 0.744. The zero-order valence-corrected chi connectivity index (χ0v) is 12.4. The lowest BCUT2D eigenvalue weighted by molar-refractivity contribution is 0.240. The van der Waals surface area contributed by atoms with Gasteiger partial charge in [-0.05, 0) is 37.0 Å². The lowest BCUT2D eigenvalue weighted by Crippen LogP contribution is -2.36. The van der Waals surface area contributed by atoms with Gasteiger partial charge in [0.1, 0.15) is 0 Å². The monoisotopic (exact) mass is 312 g/mol. The molecule has 0 spiro atoms. The highest BCUT2D eigenvalue weighted by Crippen LogP contribution is 2.12. The molecule has 0 atom stereocenters. The van der Waals surface area contributed by atoms with Gasteiger partial charge >= 0.3 is 6.03 Å². The molecule has 0 aliphatic heterocycles. The Bertz CT molecular complexity index is 369. The van der Waals surface area contributed by atoms with Crippen molar-refractivity contribution in [3.05, 3.63) is 34.3 Å². The maximum atomic E-state index is 11.4. The average Bonchev–Trinajstić information content (AvgIpc) is 2.35. The van der Waals surface area contributed by atoms with E-state index < -0.39 is 0 Å². The number of carbonyl (C=O) groups excluding carboxylic acids is 1. The van der Waals surface area contributed by atoms with Gasteiger partial charge in [0, 0.05) is 17.6 Å². The second-order valence-electron chi connectivity index (χ2n) is 4.27. The van der Waals surface area contributed by atoms with Gasteiger partial charge in [-0.3, -0.25) is 0 Å². The van der Waals surface area contributed by atoms with Gasteiger partial charge in [-0.15, -0.1) is 0 Å². The number of hydrogen-bond acceptors (Lipinski definition) is 1. The van der Waals surface area contributed by atoms with Gasteiger partial charge in [-0.2, -0.15) is 0 Å². The Balaban J connectivity index is 2.09. The molecule has 3 nitrogen and oxygen atoms in total. The number of urea groups is 1. The van der Waals surface area contributed by atoms with E-state index in [0.717, 1.165) is 36.7 Å². The zero-order chi connectivity index (χ0) is 13.2. The van der Waals surface area contributed by atoms with Crippen LogP contribution in [0, 0.1) is 0 Å². The molecule has 1 aromatic rings. The second kappa shape index (κ2) is 8.97. The van der Waals surface area contributed by atoms with Crippen molar-refractivity contribution in [3.63, 3.8) is 0 Å². The standard InChI is InChI=1S/C14H21BrN2O/c1-2-3-9-16-14(18)17-10-5-7-12-6-4-8-13(15)11-12/h4,6,8,11H,2-3,5,7,9-10H2,1H3,(H2,16,17,18). The van der Waals surface area contributed by atoms with Gasteiger partial charge < -0.3 is 10.6 Å². The van der Waals surface area contributed by atoms with E-state index in [1.807, 2.05) is 12.1 Å². The highest BCUT2D eigenvalue weighted by atomic mass is 79.9. The van der Waals surface area contributed by atoms with Crippen LogP contribution in [0.1, 0.15) is 31.7 Å². The summed E-state index contributed by atoms with van der Waals surface area (Å²) in [7, 11) is 0. The maximum Gasteiger partial charge on any atom is 0.314 e. The van der Waals surface area contributed by atoms with E-state index in [1.165, 1.54) is 5.56 Å². The fourth-order valence-electron chi connectivity index (χ4n) is 1.63. The molecule has 0 aliphatic rings. The van der Waals surface area contributed by atoms with Crippen molar-refractivity contribution in [1.29, 1.82) is 0 Å². The van der Waals surface area contributed by atoms with Crippen molar-refractivity contribution in [3.8, 4) is 0 Å². The van der Waals surface area contributed by atoms with E-state index in [0.29, 0.717) is 6.54 Å². The van der Waals surface area contributed by atoms with Crippen molar-refractivity contribution in [2.45, 2.75) is 32.6 Å². The summed E-state index contributed by atoms with van der Waals surface area (Å²) in [6, 6.07) is 8.21. The van der Waals surface area contributed by atoms with Gasteiger partial charge in [0.05, 0.1) is 0 Å². The first-order chi connectivity index (χ1) is 8.72. The van der Waals surface area contributed by atoms with Crippen LogP contribution in [0.2, 0.25) is 0 Å². The first kappa shape index (κ1) is 15.0. The van der Waals surface area contributed by atoms with Gasteiger partial charge in [0.15, 0.2) is 0 Å². The number of aryl methyl sites for hydroxylation is 1. The molecule has 0 saturated carbocycles. The number of nitrogens with one attached hydrogen (secondary N) is 2. The van der Waals surface area contributed by atoms with Crippen LogP contribution in [0.15, 0.2) is 28.7 Å². The van der Waals surface area contributed by atoms with E-state index in [9.17, 15) is 4.79 Å². The molecule has 0 saturated heterocycles. The molecule has 0 heterocycles. The molecule has 0 fully saturated rings. The van der Waals surface area contributed by atoms with E-state index in [1.54, 1.807) is 0 Å². The summed E-state index contributed by atoms with van der Waals surface area (Å²) in [6.07, 6.45) is 4.07. The first-order valence-corrected chi connectivity index (χ1v) is 7.28. The maximum absolute atomic E-state index is 11.4. The van der Waals surface area contributed by atoms with Gasteiger partial charge in [0.25, 0.3) is 0 Å². The first-order valence-electron chi connectivity index (χ1n) is 6.48. The Morgan fingerprint density at radius 2 is 1.94 bits per heavy atom. The zero-order valence-electron chi connectivity index (χ0n) is 10.8. The number of unbranched alkanes of at least 4 members (excludes halogenated alkanes) is 1. The van der Waals surface area contributed by atoms with Crippen LogP contribution in [0.3, 0.4) is 0 Å². The Kier molecular flexibility index (Phi) is 7.49. The minimum atomic E-state index is -0.0577. The number of hydrogen-bond donors (Lipinski definition) is 2. The number of halogens is 1. The third kappa shape index (κ3) is 6.64. The largest absolute Gasteiger partial charge is 0.338 e. The molecule has 2 amide bonds. The van der Waals surface area contributed by atoms with Gasteiger partial charge in [-0.1, -0.05) is 41.4 Å². The molecule has 0 unspecified atom stereocenters. The molecule has 0 aliphatic carbocycles. The Morgan fingerprint density at radius 1 is 1.22 bits per heavy atom. The van der Waals surface area contributed by atoms with Gasteiger partial charge in [0.2, 0.25) is 0 Å². The lowest BCUT2D eigenvalue weighted by Gasteiger charge is -2.07. The van der Waals surface area contributed by atoms with Crippen LogP contribution in [-0.4, -0.2) is 19.1 Å². The number of amides is 2. The third-order valence-electron chi connectivity index (χ3n) is 2.63. The molecule has 0 bridgehead atoms. The summed E-state index contributed by atoms with van der Waals surface area (Å²) in [6.45, 7) is 3.58. The number of benzene rings is 1. The molecule has 0 radical (unpaired) electrons. The molecule has 2 N–H and O–H groups in total. The minimum Gasteiger partial charge on any atom is -0.338 e. The fourth-order valence-corrected chi connectivity index (χ4v) is 2.07. The van der Waals surface area contributed by atoms with Crippen LogP contribution in [0.5, 0.6) is 0 Å². The summed E-state index contributed by atoms with van der Waals surface area (Å²) in [5, 5.41) is 5.70. The number of carbonyl (C=O) groups is 1. The predicted molar refractivity (Wildman–Crippen MR) is 78.8 cm³/mol. The minimum absolute atomic E-state index is 0.0577. The van der Waals surface area contributed by atoms with Crippen LogP contribution in [-0.2, 0) is 6.42 Å². The van der Waals surface area contributed by atoms with Crippen LogP contribution < -0.4 is 10.6 Å². The highest BCUT2D eigenvalue weighted by molar-refractivity contribution is 9.10. The van der Waals surface area contributed by atoms with E-state index in [4.69, 9.17) is 0 Å². The SMILES string of the molecule is CCCCNC(=O)NCCCc1cccc(Br)c1. The Morgan fingerprint density at radius 3 is 2.61 bits per heavy atom. The summed E-state index contributed by atoms with van der Waals surface area (Å²) < 4.78 is 1.10. The Hall–Kier alpha value is -1.03. The van der Waals surface area contributed by atoms with Crippen molar-refractivity contribution in [2.75, 3.05) is 13.1 Å². The topological polar surface area (TPSA) is 41.1 Å². The van der Waals surface area contributed by atoms with Crippen molar-refractivity contribution in [2.24, 2.45) is 0 Å². The van der Waals surface area contributed by atoms with Crippen LogP contribution in [0.4, 0.5) is 4.79 Å². The van der Waals surface area contributed by atoms with E-state index in [-0.39, 0.29) is 6.03 Å². The van der Waals surface area contributed by atoms with Crippen LogP contribution in [0.25, 0.3) is 0 Å².